The summed E-state index contributed by atoms with van der Waals surface area (Å²) in [5.74, 6) is -0.372. The number of ether oxygens (including phenoxy) is 1. The molecule has 0 saturated heterocycles. The van der Waals surface area contributed by atoms with Gasteiger partial charge in [-0.25, -0.2) is 0 Å². The number of hydrogen-bond donors (Lipinski definition) is 1. The monoisotopic (exact) mass is 244 g/mol. The summed E-state index contributed by atoms with van der Waals surface area (Å²) >= 11 is 0. The molecule has 1 saturated carbocycles. The van der Waals surface area contributed by atoms with Gasteiger partial charge in [-0.15, -0.1) is 0 Å². The second-order valence-corrected chi connectivity index (χ2v) is 4.21. The van der Waals surface area contributed by atoms with Crippen LogP contribution in [0.5, 0.6) is 5.75 Å². The molecule has 5 nitrogen and oxygen atoms in total. The number of hydrogen-bond acceptors (Lipinski definition) is 4. The molecule has 18 heavy (non-hydrogen) atoms. The van der Waals surface area contributed by atoms with E-state index in [9.17, 15) is 9.59 Å². The van der Waals surface area contributed by atoms with E-state index in [0.29, 0.717) is 24.2 Å². The molecule has 92 valence electrons. The van der Waals surface area contributed by atoms with E-state index < -0.39 is 17.2 Å². The van der Waals surface area contributed by atoms with Crippen LogP contribution in [0, 0.1) is 16.7 Å². The summed E-state index contributed by atoms with van der Waals surface area (Å²) in [4.78, 5) is 23.4. The molecule has 0 bridgehead atoms. The fourth-order valence-electron chi connectivity index (χ4n) is 1.55. The van der Waals surface area contributed by atoms with Crippen LogP contribution in [-0.4, -0.2) is 18.9 Å². The SMILES string of the molecule is COc1ccc(C(=O)NC(=O)C2(C#N)CC2)cc1. The third-order valence-corrected chi connectivity index (χ3v) is 2.98. The zero-order chi connectivity index (χ0) is 13.2. The van der Waals surface area contributed by atoms with Gasteiger partial charge in [0.15, 0.2) is 0 Å². The Bertz CT molecular complexity index is 524. The summed E-state index contributed by atoms with van der Waals surface area (Å²) in [5, 5.41) is 11.1. The topological polar surface area (TPSA) is 79.2 Å². The van der Waals surface area contributed by atoms with E-state index >= 15 is 0 Å². The highest BCUT2D eigenvalue weighted by Gasteiger charge is 2.51. The van der Waals surface area contributed by atoms with Crippen LogP contribution in [0.3, 0.4) is 0 Å². The Morgan fingerprint density at radius 3 is 2.39 bits per heavy atom. The predicted molar refractivity (Wildman–Crippen MR) is 62.7 cm³/mol. The van der Waals surface area contributed by atoms with Crippen molar-refractivity contribution in [1.29, 1.82) is 5.26 Å². The van der Waals surface area contributed by atoms with Crippen LogP contribution in [0.25, 0.3) is 0 Å². The van der Waals surface area contributed by atoms with Crippen molar-refractivity contribution in [1.82, 2.24) is 5.32 Å². The van der Waals surface area contributed by atoms with E-state index in [0.717, 1.165) is 0 Å². The molecular weight excluding hydrogens is 232 g/mol. The molecule has 0 heterocycles. The molecule has 1 aromatic rings. The van der Waals surface area contributed by atoms with Crippen molar-refractivity contribution in [2.75, 3.05) is 7.11 Å². The van der Waals surface area contributed by atoms with E-state index in [-0.39, 0.29) is 0 Å². The molecule has 1 aliphatic rings. The molecule has 0 aromatic heterocycles. The van der Waals surface area contributed by atoms with E-state index in [2.05, 4.69) is 5.32 Å². The third-order valence-electron chi connectivity index (χ3n) is 2.98. The fourth-order valence-corrected chi connectivity index (χ4v) is 1.55. The minimum atomic E-state index is -0.984. The van der Waals surface area contributed by atoms with Gasteiger partial charge in [0.2, 0.25) is 5.91 Å². The highest BCUT2D eigenvalue weighted by molar-refractivity contribution is 6.07. The number of nitrogens with zero attached hydrogens (tertiary/aromatic N) is 1. The number of rotatable bonds is 3. The van der Waals surface area contributed by atoms with Crippen LogP contribution in [0.2, 0.25) is 0 Å². The molecule has 1 aliphatic carbocycles. The van der Waals surface area contributed by atoms with Crippen LogP contribution < -0.4 is 10.1 Å². The summed E-state index contributed by atoms with van der Waals surface area (Å²) in [6, 6.07) is 8.34. The van der Waals surface area contributed by atoms with E-state index in [1.165, 1.54) is 7.11 Å². The highest BCUT2D eigenvalue weighted by Crippen LogP contribution is 2.44. The lowest BCUT2D eigenvalue weighted by atomic mass is 10.1. The molecule has 0 unspecified atom stereocenters. The van der Waals surface area contributed by atoms with Gasteiger partial charge in [-0.2, -0.15) is 5.26 Å². The molecular formula is C13H12N2O3. The molecule has 5 heteroatoms. The first kappa shape index (κ1) is 12.1. The molecule has 0 spiro atoms. The van der Waals surface area contributed by atoms with Gasteiger partial charge in [-0.05, 0) is 37.1 Å². The number of carbonyl (C=O) groups is 2. The van der Waals surface area contributed by atoms with E-state index in [4.69, 9.17) is 10.00 Å². The van der Waals surface area contributed by atoms with Crippen molar-refractivity contribution in [3.8, 4) is 11.8 Å². The van der Waals surface area contributed by atoms with Gasteiger partial charge in [0.05, 0.1) is 13.2 Å². The molecule has 2 amide bonds. The number of nitrogens with one attached hydrogen (secondary N) is 1. The van der Waals surface area contributed by atoms with Gasteiger partial charge < -0.3 is 4.74 Å². The van der Waals surface area contributed by atoms with Crippen LogP contribution in [0.15, 0.2) is 24.3 Å². The van der Waals surface area contributed by atoms with Gasteiger partial charge in [0, 0.05) is 5.56 Å². The highest BCUT2D eigenvalue weighted by atomic mass is 16.5. The fraction of sp³-hybridized carbons (Fsp3) is 0.308. The van der Waals surface area contributed by atoms with Crippen molar-refractivity contribution in [2.24, 2.45) is 5.41 Å². The maximum atomic E-state index is 11.8. The normalized spacial score (nSPS) is 15.3. The number of methoxy groups -OCH3 is 1. The summed E-state index contributed by atoms with van der Waals surface area (Å²) in [6.07, 6.45) is 1.04. The quantitative estimate of drug-likeness (QED) is 0.812. The maximum Gasteiger partial charge on any atom is 0.257 e. The second-order valence-electron chi connectivity index (χ2n) is 4.21. The zero-order valence-electron chi connectivity index (χ0n) is 9.90. The van der Waals surface area contributed by atoms with Gasteiger partial charge in [-0.3, -0.25) is 14.9 Å². The molecule has 1 fully saturated rings. The Hall–Kier alpha value is -2.35. The summed E-state index contributed by atoms with van der Waals surface area (Å²) in [6.45, 7) is 0. The Morgan fingerprint density at radius 1 is 1.33 bits per heavy atom. The average Bonchev–Trinajstić information content (AvgIpc) is 3.19. The van der Waals surface area contributed by atoms with Crippen molar-refractivity contribution < 1.29 is 14.3 Å². The molecule has 1 N–H and O–H groups in total. The molecule has 2 rings (SSSR count). The molecule has 0 atom stereocenters. The lowest BCUT2D eigenvalue weighted by molar-refractivity contribution is -0.123. The van der Waals surface area contributed by atoms with Gasteiger partial charge in [0.1, 0.15) is 11.2 Å². The van der Waals surface area contributed by atoms with Gasteiger partial charge >= 0.3 is 0 Å². The summed E-state index contributed by atoms with van der Waals surface area (Å²) in [5.41, 5.74) is -0.625. The Balaban J connectivity index is 2.04. The minimum absolute atomic E-state index is 0.359. The van der Waals surface area contributed by atoms with Crippen LogP contribution in [0.4, 0.5) is 0 Å². The first-order chi connectivity index (χ1) is 8.61. The zero-order valence-corrected chi connectivity index (χ0v) is 9.90. The number of imide groups is 1. The lowest BCUT2D eigenvalue weighted by Crippen LogP contribution is -2.36. The Kier molecular flexibility index (Phi) is 3.02. The lowest BCUT2D eigenvalue weighted by Gasteiger charge is -2.07. The largest absolute Gasteiger partial charge is 0.497 e. The Labute approximate surface area is 104 Å². The van der Waals surface area contributed by atoms with Crippen LogP contribution in [-0.2, 0) is 4.79 Å². The number of carbonyl (C=O) groups excluding carboxylic acids is 2. The van der Waals surface area contributed by atoms with E-state index in [1.54, 1.807) is 24.3 Å². The maximum absolute atomic E-state index is 11.8. The van der Waals surface area contributed by atoms with Crippen molar-refractivity contribution >= 4 is 11.8 Å². The molecule has 0 aliphatic heterocycles. The average molecular weight is 244 g/mol. The predicted octanol–water partition coefficient (Wildman–Crippen LogP) is 1.26. The van der Waals surface area contributed by atoms with E-state index in [1.807, 2.05) is 6.07 Å². The van der Waals surface area contributed by atoms with Crippen molar-refractivity contribution in [3.63, 3.8) is 0 Å². The number of amides is 2. The smallest absolute Gasteiger partial charge is 0.257 e. The number of benzene rings is 1. The molecule has 0 radical (unpaired) electrons. The standard InChI is InChI=1S/C13H12N2O3/c1-18-10-4-2-9(3-5-10)11(16)15-12(17)13(8-14)6-7-13/h2-5H,6-7H2,1H3,(H,15,16,17). The van der Waals surface area contributed by atoms with Crippen LogP contribution >= 0.6 is 0 Å². The minimum Gasteiger partial charge on any atom is -0.497 e. The summed E-state index contributed by atoms with van der Waals surface area (Å²) in [7, 11) is 1.53. The van der Waals surface area contributed by atoms with Crippen LogP contribution in [0.1, 0.15) is 23.2 Å². The summed E-state index contributed by atoms with van der Waals surface area (Å²) < 4.78 is 4.97. The van der Waals surface area contributed by atoms with Gasteiger partial charge in [-0.1, -0.05) is 0 Å². The Morgan fingerprint density at radius 2 is 1.94 bits per heavy atom. The van der Waals surface area contributed by atoms with Gasteiger partial charge in [0.25, 0.3) is 5.91 Å². The molecule has 1 aromatic carbocycles. The second kappa shape index (κ2) is 4.49. The number of nitriles is 1. The first-order valence-electron chi connectivity index (χ1n) is 5.52. The van der Waals surface area contributed by atoms with Crippen molar-refractivity contribution in [2.45, 2.75) is 12.8 Å². The first-order valence-corrected chi connectivity index (χ1v) is 5.52. The third kappa shape index (κ3) is 2.18. The van der Waals surface area contributed by atoms with Crippen molar-refractivity contribution in [3.05, 3.63) is 29.8 Å².